The van der Waals surface area contributed by atoms with Gasteiger partial charge in [0, 0.05) is 50.0 Å². The van der Waals surface area contributed by atoms with E-state index in [2.05, 4.69) is 28.9 Å². The van der Waals surface area contributed by atoms with Crippen LogP contribution in [-0.4, -0.2) is 64.8 Å². The molecule has 1 aromatic heterocycles. The zero-order valence-corrected chi connectivity index (χ0v) is 14.5. The molecule has 0 spiro atoms. The fraction of sp³-hybridized carbons (Fsp3) is 0.882. The molecule has 3 saturated heterocycles. The largest absolute Gasteiger partial charge is 0.389 e. The highest BCUT2D eigenvalue weighted by atomic mass is 16.5. The summed E-state index contributed by atoms with van der Waals surface area (Å²) in [5.74, 6) is 1.91. The summed E-state index contributed by atoms with van der Waals surface area (Å²) in [7, 11) is 0. The van der Waals surface area contributed by atoms with Crippen LogP contribution in [0.5, 0.6) is 0 Å². The van der Waals surface area contributed by atoms with E-state index < -0.39 is 5.60 Å². The van der Waals surface area contributed by atoms with Crippen molar-refractivity contribution in [1.82, 2.24) is 15.0 Å². The molecule has 4 atom stereocenters. The summed E-state index contributed by atoms with van der Waals surface area (Å²) in [6.07, 6.45) is 1.64. The van der Waals surface area contributed by atoms with Gasteiger partial charge in [0.2, 0.25) is 5.89 Å². The minimum atomic E-state index is -0.669. The van der Waals surface area contributed by atoms with Gasteiger partial charge in [0.05, 0.1) is 25.4 Å². The van der Waals surface area contributed by atoms with Crippen molar-refractivity contribution < 1.29 is 19.1 Å². The number of hydrogen-bond donors (Lipinski definition) is 1. The smallest absolute Gasteiger partial charge is 0.240 e. The number of likely N-dealkylation sites (tertiary alicyclic amines) is 1. The van der Waals surface area contributed by atoms with Crippen LogP contribution in [-0.2, 0) is 16.0 Å². The molecule has 3 aliphatic heterocycles. The van der Waals surface area contributed by atoms with Gasteiger partial charge >= 0.3 is 0 Å². The predicted molar refractivity (Wildman–Crippen MR) is 85.4 cm³/mol. The van der Waals surface area contributed by atoms with Gasteiger partial charge in [0.25, 0.3) is 0 Å². The lowest BCUT2D eigenvalue weighted by atomic mass is 9.66. The number of aromatic nitrogens is 2. The highest BCUT2D eigenvalue weighted by molar-refractivity contribution is 5.06. The van der Waals surface area contributed by atoms with Crippen molar-refractivity contribution in [3.8, 4) is 0 Å². The number of ether oxygens (including phenoxy) is 2. The van der Waals surface area contributed by atoms with Crippen molar-refractivity contribution in [2.45, 2.75) is 50.8 Å². The molecule has 4 heterocycles. The van der Waals surface area contributed by atoms with E-state index in [0.717, 1.165) is 25.4 Å². The SMILES string of the molecule is CC(C)c1noc(CN2C[C@@H]3COCC[C@]3(O)[C@H]3COCC[C@H]32)n1. The molecule has 0 saturated carbocycles. The molecule has 0 aliphatic carbocycles. The van der Waals surface area contributed by atoms with Crippen molar-refractivity contribution in [3.63, 3.8) is 0 Å². The Balaban J connectivity index is 1.56. The molecule has 1 N–H and O–H groups in total. The van der Waals surface area contributed by atoms with Gasteiger partial charge in [-0.1, -0.05) is 19.0 Å². The van der Waals surface area contributed by atoms with Crippen molar-refractivity contribution in [1.29, 1.82) is 0 Å². The van der Waals surface area contributed by atoms with Crippen LogP contribution >= 0.6 is 0 Å². The fourth-order valence-electron chi connectivity index (χ4n) is 4.49. The second kappa shape index (κ2) is 6.37. The van der Waals surface area contributed by atoms with Crippen LogP contribution in [0, 0.1) is 11.8 Å². The van der Waals surface area contributed by atoms with Gasteiger partial charge in [-0.15, -0.1) is 0 Å². The van der Waals surface area contributed by atoms with Crippen molar-refractivity contribution in [3.05, 3.63) is 11.7 Å². The average Bonchev–Trinajstić information content (AvgIpc) is 3.05. The molecule has 0 aromatic carbocycles. The maximum Gasteiger partial charge on any atom is 0.240 e. The van der Waals surface area contributed by atoms with Gasteiger partial charge in [0.15, 0.2) is 5.82 Å². The zero-order valence-electron chi connectivity index (χ0n) is 14.5. The van der Waals surface area contributed by atoms with E-state index in [0.29, 0.717) is 44.7 Å². The minimum absolute atomic E-state index is 0.113. The topological polar surface area (TPSA) is 80.9 Å². The highest BCUT2D eigenvalue weighted by Crippen LogP contribution is 2.44. The van der Waals surface area contributed by atoms with Gasteiger partial charge in [-0.25, -0.2) is 0 Å². The molecule has 134 valence electrons. The normalized spacial score (nSPS) is 37.2. The third-order valence-electron chi connectivity index (χ3n) is 5.90. The second-order valence-corrected chi connectivity index (χ2v) is 7.68. The Hall–Kier alpha value is -1.02. The summed E-state index contributed by atoms with van der Waals surface area (Å²) in [6, 6.07) is 0.299. The first kappa shape index (κ1) is 16.4. The van der Waals surface area contributed by atoms with Crippen LogP contribution in [0.25, 0.3) is 0 Å². The van der Waals surface area contributed by atoms with E-state index >= 15 is 0 Å². The Labute approximate surface area is 142 Å². The maximum atomic E-state index is 11.3. The van der Waals surface area contributed by atoms with Gasteiger partial charge in [-0.05, 0) is 6.42 Å². The molecule has 1 aromatic rings. The number of piperidine rings is 1. The highest BCUT2D eigenvalue weighted by Gasteiger charge is 2.55. The van der Waals surface area contributed by atoms with Crippen LogP contribution < -0.4 is 0 Å². The standard InChI is InChI=1S/C17H27N3O4/c1-11(2)16-18-15(24-19-16)8-20-7-12-9-23-6-4-17(12,21)13-10-22-5-3-14(13)20/h11-14,21H,3-10H2,1-2H3/t12-,13+,14-,17-/m1/s1. The number of aliphatic hydroxyl groups is 1. The van der Waals surface area contributed by atoms with Crippen molar-refractivity contribution in [2.24, 2.45) is 11.8 Å². The maximum absolute atomic E-state index is 11.3. The average molecular weight is 337 g/mol. The molecule has 3 aliphatic rings. The third kappa shape index (κ3) is 2.77. The van der Waals surface area contributed by atoms with E-state index in [1.807, 2.05) is 0 Å². The third-order valence-corrected chi connectivity index (χ3v) is 5.90. The first-order valence-corrected chi connectivity index (χ1v) is 9.02. The van der Waals surface area contributed by atoms with E-state index in [-0.39, 0.29) is 17.8 Å². The summed E-state index contributed by atoms with van der Waals surface area (Å²) in [5, 5.41) is 15.4. The molecular formula is C17H27N3O4. The predicted octanol–water partition coefficient (Wildman–Crippen LogP) is 1.18. The van der Waals surface area contributed by atoms with Crippen LogP contribution in [0.4, 0.5) is 0 Å². The Morgan fingerprint density at radius 3 is 2.92 bits per heavy atom. The first-order chi connectivity index (χ1) is 11.6. The number of fused-ring (bicyclic) bond motifs is 3. The molecule has 7 heteroatoms. The molecule has 3 fully saturated rings. The van der Waals surface area contributed by atoms with Crippen LogP contribution in [0.15, 0.2) is 4.52 Å². The Kier molecular flexibility index (Phi) is 4.36. The second-order valence-electron chi connectivity index (χ2n) is 7.68. The van der Waals surface area contributed by atoms with E-state index in [9.17, 15) is 5.11 Å². The van der Waals surface area contributed by atoms with Crippen molar-refractivity contribution >= 4 is 0 Å². The molecule has 0 amide bonds. The lowest BCUT2D eigenvalue weighted by Crippen LogP contribution is -2.67. The molecule has 4 rings (SSSR count). The Bertz CT molecular complexity index is 578. The van der Waals surface area contributed by atoms with Gasteiger partial charge < -0.3 is 19.1 Å². The van der Waals surface area contributed by atoms with E-state index in [1.54, 1.807) is 0 Å². The van der Waals surface area contributed by atoms with Gasteiger partial charge in [0.1, 0.15) is 0 Å². The lowest BCUT2D eigenvalue weighted by molar-refractivity contribution is -0.222. The first-order valence-electron chi connectivity index (χ1n) is 9.02. The number of nitrogens with zero attached hydrogens (tertiary/aromatic N) is 3. The molecule has 24 heavy (non-hydrogen) atoms. The molecular weight excluding hydrogens is 310 g/mol. The van der Waals surface area contributed by atoms with Crippen LogP contribution in [0.1, 0.15) is 44.3 Å². The monoisotopic (exact) mass is 337 g/mol. The molecule has 0 bridgehead atoms. The Morgan fingerprint density at radius 2 is 2.12 bits per heavy atom. The van der Waals surface area contributed by atoms with Gasteiger partial charge in [-0.3, -0.25) is 4.90 Å². The number of rotatable bonds is 3. The number of hydrogen-bond acceptors (Lipinski definition) is 7. The molecule has 0 radical (unpaired) electrons. The molecule has 7 nitrogen and oxygen atoms in total. The van der Waals surface area contributed by atoms with Gasteiger partial charge in [-0.2, -0.15) is 4.98 Å². The Morgan fingerprint density at radius 1 is 1.29 bits per heavy atom. The quantitative estimate of drug-likeness (QED) is 0.887. The minimum Gasteiger partial charge on any atom is -0.389 e. The van der Waals surface area contributed by atoms with Crippen LogP contribution in [0.3, 0.4) is 0 Å². The van der Waals surface area contributed by atoms with Crippen molar-refractivity contribution in [2.75, 3.05) is 33.0 Å². The zero-order chi connectivity index (χ0) is 16.7. The molecule has 0 unspecified atom stereocenters. The van der Waals surface area contributed by atoms with E-state index in [1.165, 1.54) is 0 Å². The fourth-order valence-corrected chi connectivity index (χ4v) is 4.49. The summed E-state index contributed by atoms with van der Waals surface area (Å²) in [5.41, 5.74) is -0.669. The summed E-state index contributed by atoms with van der Waals surface area (Å²) in [6.45, 7) is 8.16. The van der Waals surface area contributed by atoms with Crippen LogP contribution in [0.2, 0.25) is 0 Å². The van der Waals surface area contributed by atoms with E-state index in [4.69, 9.17) is 14.0 Å². The lowest BCUT2D eigenvalue weighted by Gasteiger charge is -2.57. The summed E-state index contributed by atoms with van der Waals surface area (Å²) < 4.78 is 16.8. The summed E-state index contributed by atoms with van der Waals surface area (Å²) in [4.78, 5) is 6.91. The summed E-state index contributed by atoms with van der Waals surface area (Å²) >= 11 is 0.